The SMILES string of the molecule is NC(/C=C\NCn1c2ccccc2c2cc(-c3cccc4c3sc3ccccc34)ccc21)c1ccc(-c2ccc(-c3ccccc3)cc2)cc1. The molecule has 0 bridgehead atoms. The topological polar surface area (TPSA) is 43.0 Å². The predicted molar refractivity (Wildman–Crippen MR) is 214 cm³/mol. The van der Waals surface area contributed by atoms with Crippen molar-refractivity contribution in [3.63, 3.8) is 0 Å². The minimum atomic E-state index is -0.214. The second-order valence-electron chi connectivity index (χ2n) is 12.8. The highest BCUT2D eigenvalue weighted by atomic mass is 32.1. The molecule has 3 nitrogen and oxygen atoms in total. The number of rotatable bonds is 8. The van der Waals surface area contributed by atoms with Crippen molar-refractivity contribution in [2.75, 3.05) is 0 Å². The number of nitrogens with two attached hydrogens (primary N) is 1. The first-order valence-corrected chi connectivity index (χ1v) is 17.9. The minimum absolute atomic E-state index is 0.214. The smallest absolute Gasteiger partial charge is 0.0921 e. The Morgan fingerprint density at radius 1 is 0.540 bits per heavy atom. The molecule has 1 atom stereocenters. The molecule has 3 N–H and O–H groups in total. The molecule has 0 radical (unpaired) electrons. The molecule has 0 fully saturated rings. The van der Waals surface area contributed by atoms with Gasteiger partial charge in [-0.1, -0.05) is 140 Å². The molecule has 0 aliphatic rings. The molecule has 2 aromatic heterocycles. The Labute approximate surface area is 295 Å². The number of aromatic nitrogens is 1. The van der Waals surface area contributed by atoms with Crippen LogP contribution in [0.1, 0.15) is 11.6 Å². The normalized spacial score (nSPS) is 12.4. The fourth-order valence-corrected chi connectivity index (χ4v) is 8.41. The Balaban J connectivity index is 0.930. The molecule has 50 heavy (non-hydrogen) atoms. The molecule has 0 saturated heterocycles. The van der Waals surface area contributed by atoms with Gasteiger partial charge < -0.3 is 15.6 Å². The van der Waals surface area contributed by atoms with Crippen LogP contribution in [-0.2, 0) is 6.67 Å². The molecule has 0 saturated carbocycles. The first-order valence-electron chi connectivity index (χ1n) is 17.0. The number of hydrogen-bond donors (Lipinski definition) is 2. The van der Waals surface area contributed by atoms with Crippen molar-refractivity contribution in [1.29, 1.82) is 0 Å². The van der Waals surface area contributed by atoms with Gasteiger partial charge in [0, 0.05) is 37.0 Å². The van der Waals surface area contributed by atoms with Crippen molar-refractivity contribution in [3.8, 4) is 33.4 Å². The van der Waals surface area contributed by atoms with Crippen LogP contribution in [0.2, 0.25) is 0 Å². The van der Waals surface area contributed by atoms with Crippen LogP contribution >= 0.6 is 11.3 Å². The van der Waals surface area contributed by atoms with Gasteiger partial charge >= 0.3 is 0 Å². The molecule has 9 rings (SSSR count). The fraction of sp³-hybridized carbons (Fsp3) is 0.0435. The van der Waals surface area contributed by atoms with Crippen LogP contribution in [0.5, 0.6) is 0 Å². The summed E-state index contributed by atoms with van der Waals surface area (Å²) in [5.74, 6) is 0. The quantitative estimate of drug-likeness (QED) is 0.170. The van der Waals surface area contributed by atoms with E-state index in [2.05, 4.69) is 168 Å². The number of thiophene rings is 1. The van der Waals surface area contributed by atoms with Gasteiger partial charge in [0.15, 0.2) is 0 Å². The van der Waals surface area contributed by atoms with Crippen molar-refractivity contribution >= 4 is 53.3 Å². The van der Waals surface area contributed by atoms with Crippen molar-refractivity contribution in [2.45, 2.75) is 12.7 Å². The minimum Gasteiger partial charge on any atom is -0.374 e. The summed E-state index contributed by atoms with van der Waals surface area (Å²) < 4.78 is 5.02. The maximum absolute atomic E-state index is 6.61. The highest BCUT2D eigenvalue weighted by Gasteiger charge is 2.14. The number of hydrogen-bond acceptors (Lipinski definition) is 3. The van der Waals surface area contributed by atoms with Crippen LogP contribution in [0.4, 0.5) is 0 Å². The van der Waals surface area contributed by atoms with E-state index < -0.39 is 0 Å². The highest BCUT2D eigenvalue weighted by Crippen LogP contribution is 2.41. The van der Waals surface area contributed by atoms with Crippen molar-refractivity contribution in [3.05, 3.63) is 182 Å². The van der Waals surface area contributed by atoms with Crippen molar-refractivity contribution < 1.29 is 0 Å². The highest BCUT2D eigenvalue weighted by molar-refractivity contribution is 7.26. The zero-order chi connectivity index (χ0) is 33.4. The van der Waals surface area contributed by atoms with Crippen LogP contribution < -0.4 is 11.1 Å². The molecule has 9 aromatic rings. The van der Waals surface area contributed by atoms with Gasteiger partial charge in [-0.05, 0) is 75.5 Å². The lowest BCUT2D eigenvalue weighted by molar-refractivity contribution is 0.679. The summed E-state index contributed by atoms with van der Waals surface area (Å²) in [6.45, 7) is 0.635. The summed E-state index contributed by atoms with van der Waals surface area (Å²) in [5, 5.41) is 8.68. The van der Waals surface area contributed by atoms with E-state index in [-0.39, 0.29) is 6.04 Å². The summed E-state index contributed by atoms with van der Waals surface area (Å²) >= 11 is 1.88. The lowest BCUT2D eigenvalue weighted by atomic mass is 9.98. The van der Waals surface area contributed by atoms with Crippen LogP contribution in [0, 0.1) is 0 Å². The monoisotopic (exact) mass is 661 g/mol. The molecule has 240 valence electrons. The summed E-state index contributed by atoms with van der Waals surface area (Å²) in [6, 6.07) is 58.5. The summed E-state index contributed by atoms with van der Waals surface area (Å²) in [4.78, 5) is 0. The lowest BCUT2D eigenvalue weighted by Crippen LogP contribution is -2.14. The van der Waals surface area contributed by atoms with E-state index in [9.17, 15) is 0 Å². The molecular weight excluding hydrogens is 627 g/mol. The number of nitrogens with zero attached hydrogens (tertiary/aromatic N) is 1. The first kappa shape index (κ1) is 30.1. The number of para-hydroxylation sites is 1. The maximum Gasteiger partial charge on any atom is 0.0921 e. The van der Waals surface area contributed by atoms with E-state index in [1.807, 2.05) is 29.7 Å². The lowest BCUT2D eigenvalue weighted by Gasteiger charge is -2.11. The molecule has 0 spiro atoms. The Kier molecular flexibility index (Phi) is 7.73. The van der Waals surface area contributed by atoms with Gasteiger partial charge in [-0.2, -0.15) is 0 Å². The van der Waals surface area contributed by atoms with Gasteiger partial charge in [0.2, 0.25) is 0 Å². The van der Waals surface area contributed by atoms with Gasteiger partial charge in [0.25, 0.3) is 0 Å². The van der Waals surface area contributed by atoms with E-state index in [1.54, 1.807) is 0 Å². The Hall–Kier alpha value is -5.94. The first-order chi connectivity index (χ1) is 24.7. The average molecular weight is 662 g/mol. The summed E-state index contributed by atoms with van der Waals surface area (Å²) in [6.07, 6.45) is 4.01. The van der Waals surface area contributed by atoms with Gasteiger partial charge in [0.05, 0.1) is 17.7 Å². The van der Waals surface area contributed by atoms with E-state index in [1.165, 1.54) is 75.4 Å². The molecule has 0 aliphatic heterocycles. The fourth-order valence-electron chi connectivity index (χ4n) is 7.18. The third-order valence-corrected chi connectivity index (χ3v) is 11.0. The Bertz CT molecular complexity index is 2650. The molecule has 2 heterocycles. The zero-order valence-corrected chi connectivity index (χ0v) is 28.3. The van der Waals surface area contributed by atoms with Gasteiger partial charge in [-0.3, -0.25) is 0 Å². The van der Waals surface area contributed by atoms with E-state index >= 15 is 0 Å². The van der Waals surface area contributed by atoms with Crippen molar-refractivity contribution in [1.82, 2.24) is 9.88 Å². The molecule has 1 unspecified atom stereocenters. The van der Waals surface area contributed by atoms with Crippen LogP contribution in [0.15, 0.2) is 176 Å². The number of benzene rings is 7. The second kappa shape index (κ2) is 12.8. The summed E-state index contributed by atoms with van der Waals surface area (Å²) in [7, 11) is 0. The number of fused-ring (bicyclic) bond motifs is 6. The Morgan fingerprint density at radius 2 is 1.14 bits per heavy atom. The van der Waals surface area contributed by atoms with Gasteiger partial charge in [-0.25, -0.2) is 0 Å². The van der Waals surface area contributed by atoms with Crippen molar-refractivity contribution in [2.24, 2.45) is 5.73 Å². The van der Waals surface area contributed by atoms with E-state index in [0.717, 1.165) is 5.56 Å². The molecule has 7 aromatic carbocycles. The standard InChI is InChI=1S/C46H35N3S/c47-42(35-23-21-34(22-24-35)33-19-17-32(18-20-33)31-9-2-1-3-10-31)27-28-48-30-49-43-15-6-4-11-38(43)41-29-36(25-26-44(41)49)37-13-8-14-40-39-12-5-7-16-45(39)50-46(37)40/h1-29,42,48H,30,47H2/b28-27-. The predicted octanol–water partition coefficient (Wildman–Crippen LogP) is 11.9. The number of nitrogens with one attached hydrogen (secondary N) is 1. The van der Waals surface area contributed by atoms with Crippen LogP contribution in [-0.4, -0.2) is 4.57 Å². The van der Waals surface area contributed by atoms with Gasteiger partial charge in [0.1, 0.15) is 0 Å². The van der Waals surface area contributed by atoms with E-state index in [0.29, 0.717) is 6.67 Å². The Morgan fingerprint density at radius 3 is 1.92 bits per heavy atom. The molecule has 0 aliphatic carbocycles. The molecular formula is C46H35N3S. The van der Waals surface area contributed by atoms with Crippen LogP contribution in [0.25, 0.3) is 75.4 Å². The average Bonchev–Trinajstić information content (AvgIpc) is 3.72. The van der Waals surface area contributed by atoms with Gasteiger partial charge in [-0.15, -0.1) is 11.3 Å². The maximum atomic E-state index is 6.61. The third kappa shape index (κ3) is 5.45. The van der Waals surface area contributed by atoms with E-state index in [4.69, 9.17) is 5.73 Å². The molecule has 0 amide bonds. The zero-order valence-electron chi connectivity index (χ0n) is 27.5. The molecule has 4 heteroatoms. The third-order valence-electron chi connectivity index (χ3n) is 9.78. The second-order valence-corrected chi connectivity index (χ2v) is 13.8. The van der Waals surface area contributed by atoms with Crippen LogP contribution in [0.3, 0.4) is 0 Å². The summed E-state index contributed by atoms with van der Waals surface area (Å²) in [5.41, 5.74) is 17.4. The largest absolute Gasteiger partial charge is 0.374 e.